The van der Waals surface area contributed by atoms with E-state index < -0.39 is 0 Å². The Morgan fingerprint density at radius 1 is 1.04 bits per heavy atom. The molecule has 0 bridgehead atoms. The van der Waals surface area contributed by atoms with Gasteiger partial charge >= 0.3 is 0 Å². The molecule has 0 amide bonds. The molecule has 0 spiro atoms. The van der Waals surface area contributed by atoms with E-state index in [1.807, 2.05) is 29.6 Å². The molecule has 1 heterocycles. The molecule has 0 aliphatic heterocycles. The third kappa shape index (κ3) is 3.53. The second kappa shape index (κ2) is 7.67. The van der Waals surface area contributed by atoms with Crippen molar-refractivity contribution in [3.8, 4) is 17.3 Å². The van der Waals surface area contributed by atoms with E-state index in [0.717, 1.165) is 27.7 Å². The number of nitrogens with zero attached hydrogens (tertiary/aromatic N) is 2. The Bertz CT molecular complexity index is 1220. The van der Waals surface area contributed by atoms with Gasteiger partial charge in [-0.15, -0.1) is 11.3 Å². The van der Waals surface area contributed by atoms with Gasteiger partial charge < -0.3 is 5.32 Å². The lowest BCUT2D eigenvalue weighted by molar-refractivity contribution is 1.31. The number of aryl methyl sites for hydroxylation is 2. The van der Waals surface area contributed by atoms with Gasteiger partial charge in [0.15, 0.2) is 0 Å². The highest BCUT2D eigenvalue weighted by molar-refractivity contribution is 7.11. The van der Waals surface area contributed by atoms with Gasteiger partial charge in [0, 0.05) is 28.2 Å². The van der Waals surface area contributed by atoms with Gasteiger partial charge in [-0.2, -0.15) is 5.26 Å². The topological polar surface area (TPSA) is 48.7 Å². The molecule has 4 rings (SSSR count). The summed E-state index contributed by atoms with van der Waals surface area (Å²) >= 11 is 1.48. The van der Waals surface area contributed by atoms with Crippen LogP contribution in [0.1, 0.15) is 16.1 Å². The second-order valence-electron chi connectivity index (χ2n) is 6.68. The Balaban J connectivity index is 1.63. The number of nitrogens with one attached hydrogen (secondary N) is 1. The van der Waals surface area contributed by atoms with Gasteiger partial charge in [-0.25, -0.2) is 4.98 Å². The van der Waals surface area contributed by atoms with Gasteiger partial charge in [-0.1, -0.05) is 48.5 Å². The van der Waals surface area contributed by atoms with E-state index in [9.17, 15) is 5.26 Å². The van der Waals surface area contributed by atoms with Crippen molar-refractivity contribution in [3.63, 3.8) is 0 Å². The number of anilines is 1. The van der Waals surface area contributed by atoms with Crippen molar-refractivity contribution in [1.82, 2.24) is 4.98 Å². The van der Waals surface area contributed by atoms with Crippen LogP contribution in [0.15, 0.2) is 72.2 Å². The predicted octanol–water partition coefficient (Wildman–Crippen LogP) is 6.56. The summed E-state index contributed by atoms with van der Waals surface area (Å²) in [7, 11) is 0. The van der Waals surface area contributed by atoms with Crippen LogP contribution < -0.4 is 5.32 Å². The molecule has 28 heavy (non-hydrogen) atoms. The molecular formula is C24H19N3S. The van der Waals surface area contributed by atoms with Crippen LogP contribution in [0.4, 0.5) is 5.69 Å². The molecule has 1 aromatic heterocycles. The molecule has 4 aromatic rings. The zero-order valence-electron chi connectivity index (χ0n) is 15.7. The van der Waals surface area contributed by atoms with Crippen molar-refractivity contribution < 1.29 is 0 Å². The van der Waals surface area contributed by atoms with Gasteiger partial charge in [0.25, 0.3) is 0 Å². The number of thiazole rings is 1. The maximum absolute atomic E-state index is 9.64. The van der Waals surface area contributed by atoms with Crippen molar-refractivity contribution in [1.29, 1.82) is 5.26 Å². The zero-order valence-corrected chi connectivity index (χ0v) is 16.5. The smallest absolute Gasteiger partial charge is 0.136 e. The predicted molar refractivity (Wildman–Crippen MR) is 118 cm³/mol. The SMILES string of the molecule is Cc1ccc(-c2csc(/C(C#N)=C/Nc3cccc4ccccc34)n2)cc1C. The number of hydrogen-bond acceptors (Lipinski definition) is 4. The first-order valence-corrected chi connectivity index (χ1v) is 9.92. The molecule has 4 heteroatoms. The summed E-state index contributed by atoms with van der Waals surface area (Å²) in [5.74, 6) is 0. The van der Waals surface area contributed by atoms with Crippen molar-refractivity contribution >= 4 is 33.4 Å². The lowest BCUT2D eigenvalue weighted by atomic mass is 10.1. The molecule has 1 N–H and O–H groups in total. The summed E-state index contributed by atoms with van der Waals surface area (Å²) in [6.45, 7) is 4.20. The average molecular weight is 382 g/mol. The minimum absolute atomic E-state index is 0.521. The molecule has 0 saturated carbocycles. The first kappa shape index (κ1) is 18.0. The molecule has 0 aliphatic carbocycles. The summed E-state index contributed by atoms with van der Waals surface area (Å²) in [4.78, 5) is 4.68. The maximum Gasteiger partial charge on any atom is 0.136 e. The Hall–Kier alpha value is -3.42. The summed E-state index contributed by atoms with van der Waals surface area (Å²) in [5, 5.41) is 17.9. The Labute approximate surface area is 168 Å². The molecular weight excluding hydrogens is 362 g/mol. The van der Waals surface area contributed by atoms with E-state index >= 15 is 0 Å². The summed E-state index contributed by atoms with van der Waals surface area (Å²) in [5.41, 5.74) is 5.96. The van der Waals surface area contributed by atoms with E-state index in [1.54, 1.807) is 6.20 Å². The third-order valence-corrected chi connectivity index (χ3v) is 5.69. The van der Waals surface area contributed by atoms with Crippen LogP contribution in [0, 0.1) is 25.2 Å². The highest BCUT2D eigenvalue weighted by atomic mass is 32.1. The van der Waals surface area contributed by atoms with Crippen LogP contribution in [0.2, 0.25) is 0 Å². The van der Waals surface area contributed by atoms with E-state index in [2.05, 4.69) is 66.6 Å². The lowest BCUT2D eigenvalue weighted by Crippen LogP contribution is -1.92. The number of rotatable bonds is 4. The van der Waals surface area contributed by atoms with Crippen LogP contribution in [-0.2, 0) is 0 Å². The summed E-state index contributed by atoms with van der Waals surface area (Å²) < 4.78 is 0. The van der Waals surface area contributed by atoms with Crippen LogP contribution in [-0.4, -0.2) is 4.98 Å². The number of aromatic nitrogens is 1. The molecule has 0 aliphatic rings. The summed E-state index contributed by atoms with van der Waals surface area (Å²) in [6, 6.07) is 22.9. The maximum atomic E-state index is 9.64. The molecule has 3 nitrogen and oxygen atoms in total. The standard InChI is InChI=1S/C24H19N3S/c1-16-10-11-19(12-17(16)2)23-15-28-24(27-23)20(13-25)14-26-22-9-5-7-18-6-3-4-8-21(18)22/h3-12,14-15,26H,1-2H3/b20-14+. The van der Waals surface area contributed by atoms with Crippen molar-refractivity contribution in [2.24, 2.45) is 0 Å². The fourth-order valence-corrected chi connectivity index (χ4v) is 3.87. The minimum atomic E-state index is 0.521. The molecule has 0 fully saturated rings. The Morgan fingerprint density at radius 2 is 1.86 bits per heavy atom. The normalized spacial score (nSPS) is 11.4. The number of hydrogen-bond donors (Lipinski definition) is 1. The van der Waals surface area contributed by atoms with E-state index in [4.69, 9.17) is 0 Å². The summed E-state index contributed by atoms with van der Waals surface area (Å²) in [6.07, 6.45) is 1.74. The monoisotopic (exact) mass is 381 g/mol. The largest absolute Gasteiger partial charge is 0.360 e. The van der Waals surface area contributed by atoms with Crippen molar-refractivity contribution in [3.05, 3.63) is 88.4 Å². The second-order valence-corrected chi connectivity index (χ2v) is 7.54. The van der Waals surface area contributed by atoms with Crippen LogP contribution in [0.25, 0.3) is 27.6 Å². The van der Waals surface area contributed by atoms with Gasteiger partial charge in [-0.3, -0.25) is 0 Å². The number of nitriles is 1. The van der Waals surface area contributed by atoms with E-state index in [0.29, 0.717) is 10.6 Å². The Kier molecular flexibility index (Phi) is 4.92. The number of fused-ring (bicyclic) bond motifs is 1. The van der Waals surface area contributed by atoms with Gasteiger partial charge in [0.1, 0.15) is 16.6 Å². The average Bonchev–Trinajstić information content (AvgIpc) is 3.21. The molecule has 0 saturated heterocycles. The number of benzene rings is 3. The first-order chi connectivity index (χ1) is 13.7. The minimum Gasteiger partial charge on any atom is -0.360 e. The fraction of sp³-hybridized carbons (Fsp3) is 0.0833. The molecule has 0 unspecified atom stereocenters. The molecule has 3 aromatic carbocycles. The van der Waals surface area contributed by atoms with Crippen molar-refractivity contribution in [2.75, 3.05) is 5.32 Å². The molecule has 0 radical (unpaired) electrons. The van der Waals surface area contributed by atoms with Crippen LogP contribution in [0.3, 0.4) is 0 Å². The lowest BCUT2D eigenvalue weighted by Gasteiger charge is -2.06. The zero-order chi connectivity index (χ0) is 19.5. The molecule has 136 valence electrons. The number of allylic oxidation sites excluding steroid dienone is 1. The Morgan fingerprint density at radius 3 is 2.68 bits per heavy atom. The van der Waals surface area contributed by atoms with Gasteiger partial charge in [0.05, 0.1) is 5.69 Å². The van der Waals surface area contributed by atoms with Crippen LogP contribution in [0.5, 0.6) is 0 Å². The molecule has 0 atom stereocenters. The van der Waals surface area contributed by atoms with Crippen LogP contribution >= 0.6 is 11.3 Å². The van der Waals surface area contributed by atoms with Gasteiger partial charge in [-0.05, 0) is 42.5 Å². The van der Waals surface area contributed by atoms with Crippen molar-refractivity contribution in [2.45, 2.75) is 13.8 Å². The fourth-order valence-electron chi connectivity index (χ4n) is 3.07. The highest BCUT2D eigenvalue weighted by Crippen LogP contribution is 2.28. The van der Waals surface area contributed by atoms with E-state index in [1.165, 1.54) is 22.5 Å². The van der Waals surface area contributed by atoms with E-state index in [-0.39, 0.29) is 0 Å². The first-order valence-electron chi connectivity index (χ1n) is 9.04. The quantitative estimate of drug-likeness (QED) is 0.407. The van der Waals surface area contributed by atoms with Gasteiger partial charge in [0.2, 0.25) is 0 Å². The third-order valence-electron chi connectivity index (χ3n) is 4.82. The highest BCUT2D eigenvalue weighted by Gasteiger charge is 2.10.